The molecule has 0 N–H and O–H groups in total. The van der Waals surface area contributed by atoms with Gasteiger partial charge >= 0.3 is 86.5 Å². The van der Waals surface area contributed by atoms with E-state index in [-0.39, 0.29) is 0 Å². The predicted octanol–water partition coefficient (Wildman–Crippen LogP) is 1.19. The van der Waals surface area contributed by atoms with Gasteiger partial charge in [-0.05, 0) is 0 Å². The van der Waals surface area contributed by atoms with E-state index in [1.807, 2.05) is 43.3 Å². The van der Waals surface area contributed by atoms with Gasteiger partial charge in [0.1, 0.15) is 0 Å². The SMILES string of the molecule is Cc1ccc(OC(=[Se])N(C)C)cc1. The number of nitrogens with zero attached hydrogens (tertiary/aromatic N) is 1. The summed E-state index contributed by atoms with van der Waals surface area (Å²) in [5, 5.41) is 0. The van der Waals surface area contributed by atoms with Crippen LogP contribution in [0.4, 0.5) is 0 Å². The van der Waals surface area contributed by atoms with Crippen LogP contribution in [-0.2, 0) is 0 Å². The summed E-state index contributed by atoms with van der Waals surface area (Å²) in [6, 6.07) is 7.96. The summed E-state index contributed by atoms with van der Waals surface area (Å²) in [4.78, 5) is 1.89. The fourth-order valence-electron chi connectivity index (χ4n) is 0.798. The van der Waals surface area contributed by atoms with E-state index < -0.39 is 0 Å². The summed E-state index contributed by atoms with van der Waals surface area (Å²) in [6.07, 6.45) is 0. The van der Waals surface area contributed by atoms with Gasteiger partial charge in [0.25, 0.3) is 0 Å². The third kappa shape index (κ3) is 3.21. The molecule has 0 unspecified atom stereocenters. The van der Waals surface area contributed by atoms with Crippen molar-refractivity contribution in [1.82, 2.24) is 4.90 Å². The molecular weight excluding hydrogens is 229 g/mol. The third-order valence-corrected chi connectivity index (χ3v) is 2.53. The van der Waals surface area contributed by atoms with Crippen LogP contribution in [0.5, 0.6) is 5.75 Å². The zero-order valence-electron chi connectivity index (χ0n) is 8.07. The van der Waals surface area contributed by atoms with E-state index in [4.69, 9.17) is 4.74 Å². The van der Waals surface area contributed by atoms with Crippen molar-refractivity contribution in [2.45, 2.75) is 6.92 Å². The van der Waals surface area contributed by atoms with Crippen molar-refractivity contribution < 1.29 is 4.74 Å². The van der Waals surface area contributed by atoms with Crippen LogP contribution in [0, 0.1) is 6.92 Å². The third-order valence-electron chi connectivity index (χ3n) is 1.59. The summed E-state index contributed by atoms with van der Waals surface area (Å²) < 4.78 is 6.29. The molecule has 0 aromatic heterocycles. The first-order valence-corrected chi connectivity index (χ1v) is 4.91. The molecule has 0 spiro atoms. The summed E-state index contributed by atoms with van der Waals surface area (Å²) in [7, 11) is 3.86. The average Bonchev–Trinajstić information content (AvgIpc) is 2.08. The molecule has 0 saturated heterocycles. The molecule has 1 rings (SSSR count). The van der Waals surface area contributed by atoms with Gasteiger partial charge < -0.3 is 0 Å². The van der Waals surface area contributed by atoms with E-state index in [0.717, 1.165) is 10.5 Å². The Balaban J connectivity index is 2.65. The molecule has 0 radical (unpaired) electrons. The molecule has 0 saturated carbocycles. The summed E-state index contributed by atoms with van der Waals surface area (Å²) >= 11 is 2.86. The minimum absolute atomic E-state index is 0.767. The first kappa shape index (κ1) is 10.3. The van der Waals surface area contributed by atoms with Crippen molar-refractivity contribution in [1.29, 1.82) is 0 Å². The molecule has 13 heavy (non-hydrogen) atoms. The van der Waals surface area contributed by atoms with Gasteiger partial charge in [0, 0.05) is 0 Å². The molecule has 2 nitrogen and oxygen atoms in total. The van der Waals surface area contributed by atoms with Crippen LogP contribution >= 0.6 is 0 Å². The fraction of sp³-hybridized carbons (Fsp3) is 0.300. The average molecular weight is 242 g/mol. The van der Waals surface area contributed by atoms with Gasteiger partial charge in [0.05, 0.1) is 0 Å². The second-order valence-corrected chi connectivity index (χ2v) is 3.81. The van der Waals surface area contributed by atoms with Crippen LogP contribution in [0.25, 0.3) is 0 Å². The fourth-order valence-corrected chi connectivity index (χ4v) is 1.00. The molecule has 3 heteroatoms. The van der Waals surface area contributed by atoms with Crippen LogP contribution in [0.1, 0.15) is 5.56 Å². The summed E-state index contributed by atoms with van der Waals surface area (Å²) in [5.41, 5.74) is 1.24. The number of hydrogen-bond donors (Lipinski definition) is 0. The Labute approximate surface area is 86.9 Å². The van der Waals surface area contributed by atoms with Gasteiger partial charge in [-0.15, -0.1) is 0 Å². The van der Waals surface area contributed by atoms with Crippen molar-refractivity contribution in [3.05, 3.63) is 29.8 Å². The Morgan fingerprint density at radius 3 is 2.23 bits per heavy atom. The summed E-state index contributed by atoms with van der Waals surface area (Å²) in [5.74, 6) is 0.855. The van der Waals surface area contributed by atoms with Crippen LogP contribution in [0.3, 0.4) is 0 Å². The molecule has 1 aromatic rings. The molecule has 0 heterocycles. The minimum atomic E-state index is 0.767. The quantitative estimate of drug-likeness (QED) is 0.738. The number of benzene rings is 1. The zero-order chi connectivity index (χ0) is 9.84. The van der Waals surface area contributed by atoms with E-state index in [0.29, 0.717) is 0 Å². The van der Waals surface area contributed by atoms with Crippen molar-refractivity contribution >= 4 is 20.3 Å². The van der Waals surface area contributed by atoms with Gasteiger partial charge in [0.2, 0.25) is 0 Å². The number of rotatable bonds is 3. The molecule has 0 bridgehead atoms. The molecule has 0 aliphatic rings. The van der Waals surface area contributed by atoms with Gasteiger partial charge in [-0.3, -0.25) is 0 Å². The molecule has 1 aromatic carbocycles. The summed E-state index contributed by atoms with van der Waals surface area (Å²) in [6.45, 7) is 2.05. The topological polar surface area (TPSA) is 12.5 Å². The van der Waals surface area contributed by atoms with Crippen LogP contribution in [-0.4, -0.2) is 39.3 Å². The van der Waals surface area contributed by atoms with Gasteiger partial charge in [0.15, 0.2) is 0 Å². The number of ether oxygens (including phenoxy) is 1. The molecular formula is C10H13NOSe. The Hall–Kier alpha value is -0.791. The van der Waals surface area contributed by atoms with Gasteiger partial charge in [-0.25, -0.2) is 0 Å². The van der Waals surface area contributed by atoms with Crippen molar-refractivity contribution in [3.63, 3.8) is 0 Å². The van der Waals surface area contributed by atoms with Crippen LogP contribution in [0.2, 0.25) is 0 Å². The normalized spacial score (nSPS) is 9.46. The van der Waals surface area contributed by atoms with Crippen LogP contribution < -0.4 is 4.74 Å². The van der Waals surface area contributed by atoms with Crippen molar-refractivity contribution in [2.75, 3.05) is 14.1 Å². The van der Waals surface area contributed by atoms with E-state index in [1.54, 1.807) is 0 Å². The Morgan fingerprint density at radius 2 is 1.77 bits per heavy atom. The van der Waals surface area contributed by atoms with E-state index in [9.17, 15) is 0 Å². The first-order valence-electron chi connectivity index (χ1n) is 4.05. The zero-order valence-corrected chi connectivity index (χ0v) is 9.79. The standard InChI is InChI=1S/C10H13NOSe/c1-8-4-6-9(7-5-8)12-10(13)11(2)3/h4-7H,1-3H3. The van der Waals surface area contributed by atoms with Crippen molar-refractivity contribution in [3.8, 4) is 5.75 Å². The molecule has 0 fully saturated rings. The van der Waals surface area contributed by atoms with Crippen molar-refractivity contribution in [2.24, 2.45) is 0 Å². The Morgan fingerprint density at radius 1 is 1.23 bits per heavy atom. The van der Waals surface area contributed by atoms with E-state index in [2.05, 4.69) is 22.5 Å². The van der Waals surface area contributed by atoms with E-state index >= 15 is 0 Å². The monoisotopic (exact) mass is 243 g/mol. The maximum atomic E-state index is 5.52. The second-order valence-electron chi connectivity index (χ2n) is 3.08. The van der Waals surface area contributed by atoms with Gasteiger partial charge in [-0.2, -0.15) is 0 Å². The molecule has 0 amide bonds. The molecule has 0 aliphatic carbocycles. The molecule has 0 aliphatic heterocycles. The first-order chi connectivity index (χ1) is 6.09. The number of aryl methyl sites for hydroxylation is 1. The second kappa shape index (κ2) is 4.45. The van der Waals surface area contributed by atoms with E-state index in [1.165, 1.54) is 5.56 Å². The molecule has 70 valence electrons. The Kier molecular flexibility index (Phi) is 3.52. The van der Waals surface area contributed by atoms with Gasteiger partial charge in [-0.1, -0.05) is 0 Å². The van der Waals surface area contributed by atoms with Crippen LogP contribution in [0.15, 0.2) is 24.3 Å². The predicted molar refractivity (Wildman–Crippen MR) is 56.3 cm³/mol. The molecule has 0 atom stereocenters. The maximum absolute atomic E-state index is 5.52. The Bertz CT molecular complexity index is 292. The number of hydrogen-bond acceptors (Lipinski definition) is 2.